The summed E-state index contributed by atoms with van der Waals surface area (Å²) < 4.78 is 0. The number of benzene rings is 1. The third kappa shape index (κ3) is 4.36. The number of hydrogen-bond donors (Lipinski definition) is 2. The van der Waals surface area contributed by atoms with Crippen LogP contribution in [0.25, 0.3) is 0 Å². The maximum atomic E-state index is 12.3. The van der Waals surface area contributed by atoms with Gasteiger partial charge in [-0.15, -0.1) is 11.3 Å². The fraction of sp³-hybridized carbons (Fsp3) is 0.389. The lowest BCUT2D eigenvalue weighted by Gasteiger charge is -2.31. The van der Waals surface area contributed by atoms with Crippen LogP contribution < -0.4 is 5.32 Å². The van der Waals surface area contributed by atoms with E-state index in [-0.39, 0.29) is 11.6 Å². The number of likely N-dealkylation sites (tertiary alicyclic amines) is 1. The summed E-state index contributed by atoms with van der Waals surface area (Å²) in [6.45, 7) is 3.91. The average molecular weight is 359 g/mol. The second-order valence-electron chi connectivity index (χ2n) is 6.23. The SMILES string of the molecule is Cc1cnc(C2CCN(C(=O)NCc3ccc(C(=O)O)cc3)CC2)s1. The number of nitrogens with zero attached hydrogens (tertiary/aromatic N) is 2. The Bertz CT molecular complexity index is 749. The van der Waals surface area contributed by atoms with Gasteiger partial charge in [0.25, 0.3) is 0 Å². The van der Waals surface area contributed by atoms with Crippen LogP contribution in [0, 0.1) is 6.92 Å². The number of thiazole rings is 1. The molecule has 1 saturated heterocycles. The number of hydrogen-bond acceptors (Lipinski definition) is 4. The molecule has 2 aromatic rings. The molecule has 1 aromatic carbocycles. The second kappa shape index (κ2) is 7.65. The van der Waals surface area contributed by atoms with Gasteiger partial charge >= 0.3 is 12.0 Å². The monoisotopic (exact) mass is 359 g/mol. The smallest absolute Gasteiger partial charge is 0.335 e. The molecule has 2 N–H and O–H groups in total. The maximum absolute atomic E-state index is 12.3. The van der Waals surface area contributed by atoms with Crippen molar-refractivity contribution in [3.8, 4) is 0 Å². The lowest BCUT2D eigenvalue weighted by atomic mass is 9.98. The van der Waals surface area contributed by atoms with Gasteiger partial charge in [0.15, 0.2) is 0 Å². The highest BCUT2D eigenvalue weighted by Gasteiger charge is 2.25. The molecule has 2 amide bonds. The highest BCUT2D eigenvalue weighted by Crippen LogP contribution is 2.30. The maximum Gasteiger partial charge on any atom is 0.335 e. The molecule has 1 fully saturated rings. The van der Waals surface area contributed by atoms with Crippen LogP contribution in [0.15, 0.2) is 30.5 Å². The van der Waals surface area contributed by atoms with Crippen molar-refractivity contribution >= 4 is 23.3 Å². The molecule has 1 aliphatic rings. The zero-order valence-corrected chi connectivity index (χ0v) is 14.9. The van der Waals surface area contributed by atoms with E-state index >= 15 is 0 Å². The van der Waals surface area contributed by atoms with Crippen molar-refractivity contribution < 1.29 is 14.7 Å². The number of carbonyl (C=O) groups excluding carboxylic acids is 1. The zero-order chi connectivity index (χ0) is 17.8. The van der Waals surface area contributed by atoms with Crippen LogP contribution in [0.4, 0.5) is 4.79 Å². The molecule has 0 radical (unpaired) electrons. The lowest BCUT2D eigenvalue weighted by Crippen LogP contribution is -2.43. The minimum absolute atomic E-state index is 0.0731. The van der Waals surface area contributed by atoms with Crippen LogP contribution in [0.3, 0.4) is 0 Å². The minimum Gasteiger partial charge on any atom is -0.478 e. The van der Waals surface area contributed by atoms with Gasteiger partial charge in [-0.05, 0) is 37.5 Å². The van der Waals surface area contributed by atoms with Crippen LogP contribution in [-0.4, -0.2) is 40.1 Å². The number of aryl methyl sites for hydroxylation is 1. The number of aromatic carboxylic acids is 1. The van der Waals surface area contributed by atoms with Gasteiger partial charge in [0.05, 0.1) is 10.6 Å². The molecule has 7 heteroatoms. The Kier molecular flexibility index (Phi) is 5.33. The first-order valence-corrected chi connectivity index (χ1v) is 9.12. The Morgan fingerprint density at radius 1 is 1.28 bits per heavy atom. The molecular weight excluding hydrogens is 338 g/mol. The van der Waals surface area contributed by atoms with E-state index in [1.165, 1.54) is 9.88 Å². The Balaban J connectivity index is 1.47. The highest BCUT2D eigenvalue weighted by atomic mass is 32.1. The number of urea groups is 1. The Hall–Kier alpha value is -2.41. The van der Waals surface area contributed by atoms with Crippen LogP contribution in [0.1, 0.15) is 44.6 Å². The first-order chi connectivity index (χ1) is 12.0. The lowest BCUT2D eigenvalue weighted by molar-refractivity contribution is 0.0697. The first kappa shape index (κ1) is 17.4. The van der Waals surface area contributed by atoms with E-state index in [0.29, 0.717) is 12.5 Å². The quantitative estimate of drug-likeness (QED) is 0.878. The number of carbonyl (C=O) groups is 2. The molecule has 1 aromatic heterocycles. The van der Waals surface area contributed by atoms with Gasteiger partial charge in [0, 0.05) is 36.6 Å². The number of aromatic nitrogens is 1. The number of piperidine rings is 1. The highest BCUT2D eigenvalue weighted by molar-refractivity contribution is 7.11. The van der Waals surface area contributed by atoms with Crippen LogP contribution in [-0.2, 0) is 6.54 Å². The van der Waals surface area contributed by atoms with E-state index in [4.69, 9.17) is 5.11 Å². The third-order valence-electron chi connectivity index (χ3n) is 4.42. The van der Waals surface area contributed by atoms with Gasteiger partial charge in [0.1, 0.15) is 0 Å². The van der Waals surface area contributed by atoms with E-state index in [9.17, 15) is 9.59 Å². The van der Waals surface area contributed by atoms with Gasteiger partial charge in [-0.2, -0.15) is 0 Å². The summed E-state index contributed by atoms with van der Waals surface area (Å²) >= 11 is 1.74. The number of amides is 2. The summed E-state index contributed by atoms with van der Waals surface area (Å²) in [7, 11) is 0. The molecule has 3 rings (SSSR count). The summed E-state index contributed by atoms with van der Waals surface area (Å²) in [5.41, 5.74) is 1.13. The van der Waals surface area contributed by atoms with Gasteiger partial charge in [-0.25, -0.2) is 14.6 Å². The number of carboxylic acid groups (broad SMARTS) is 1. The van der Waals surface area contributed by atoms with Gasteiger partial charge < -0.3 is 15.3 Å². The molecule has 0 bridgehead atoms. The zero-order valence-electron chi connectivity index (χ0n) is 14.1. The summed E-state index contributed by atoms with van der Waals surface area (Å²) in [5, 5.41) is 13.0. The number of rotatable bonds is 4. The average Bonchev–Trinajstić information content (AvgIpc) is 3.06. The van der Waals surface area contributed by atoms with E-state index in [1.807, 2.05) is 11.1 Å². The summed E-state index contributed by atoms with van der Waals surface area (Å²) in [5.74, 6) is -0.500. The standard InChI is InChI=1S/C18H21N3O3S/c1-12-10-19-16(25-12)14-6-8-21(9-7-14)18(24)20-11-13-2-4-15(5-3-13)17(22)23/h2-5,10,14H,6-9,11H2,1H3,(H,20,24)(H,22,23). The molecule has 2 heterocycles. The van der Waals surface area contributed by atoms with Crippen LogP contribution in [0.2, 0.25) is 0 Å². The molecule has 0 aliphatic carbocycles. The topological polar surface area (TPSA) is 82.5 Å². The van der Waals surface area contributed by atoms with E-state index < -0.39 is 5.97 Å². The van der Waals surface area contributed by atoms with Crippen molar-refractivity contribution in [2.45, 2.75) is 32.2 Å². The molecule has 1 aliphatic heterocycles. The third-order valence-corrected chi connectivity index (χ3v) is 5.49. The Labute approximate surface area is 150 Å². The van der Waals surface area contributed by atoms with Gasteiger partial charge in [0.2, 0.25) is 0 Å². The fourth-order valence-corrected chi connectivity index (χ4v) is 3.89. The second-order valence-corrected chi connectivity index (χ2v) is 7.50. The first-order valence-electron chi connectivity index (χ1n) is 8.30. The summed E-state index contributed by atoms with van der Waals surface area (Å²) in [6.07, 6.45) is 3.79. The molecule has 0 unspecified atom stereocenters. The van der Waals surface area contributed by atoms with Crippen molar-refractivity contribution in [3.63, 3.8) is 0 Å². The van der Waals surface area contributed by atoms with Crippen molar-refractivity contribution in [1.29, 1.82) is 0 Å². The molecular formula is C18H21N3O3S. The molecule has 0 saturated carbocycles. The molecule has 0 spiro atoms. The van der Waals surface area contributed by atoms with Crippen molar-refractivity contribution in [2.24, 2.45) is 0 Å². The summed E-state index contributed by atoms with van der Waals surface area (Å²) in [6, 6.07) is 6.47. The van der Waals surface area contributed by atoms with Crippen LogP contribution in [0.5, 0.6) is 0 Å². The Morgan fingerprint density at radius 3 is 2.52 bits per heavy atom. The molecule has 0 atom stereocenters. The predicted molar refractivity (Wildman–Crippen MR) is 96.0 cm³/mol. The van der Waals surface area contributed by atoms with E-state index in [0.717, 1.165) is 31.5 Å². The van der Waals surface area contributed by atoms with Crippen molar-refractivity contribution in [2.75, 3.05) is 13.1 Å². The Morgan fingerprint density at radius 2 is 1.96 bits per heavy atom. The summed E-state index contributed by atoms with van der Waals surface area (Å²) in [4.78, 5) is 30.7. The molecule has 25 heavy (non-hydrogen) atoms. The predicted octanol–water partition coefficient (Wildman–Crippen LogP) is 3.24. The largest absolute Gasteiger partial charge is 0.478 e. The minimum atomic E-state index is -0.950. The number of nitrogens with one attached hydrogen (secondary N) is 1. The van der Waals surface area contributed by atoms with Crippen molar-refractivity contribution in [1.82, 2.24) is 15.2 Å². The normalized spacial score (nSPS) is 15.2. The van der Waals surface area contributed by atoms with E-state index in [2.05, 4.69) is 17.2 Å². The van der Waals surface area contributed by atoms with Gasteiger partial charge in [-0.1, -0.05) is 12.1 Å². The van der Waals surface area contributed by atoms with Crippen molar-refractivity contribution in [3.05, 3.63) is 51.5 Å². The van der Waals surface area contributed by atoms with Gasteiger partial charge in [-0.3, -0.25) is 0 Å². The fourth-order valence-electron chi connectivity index (χ4n) is 2.95. The van der Waals surface area contributed by atoms with E-state index in [1.54, 1.807) is 35.6 Å². The molecule has 132 valence electrons. The molecule has 6 nitrogen and oxygen atoms in total. The van der Waals surface area contributed by atoms with Crippen LogP contribution >= 0.6 is 11.3 Å². The number of carboxylic acids is 1.